The molecular weight excluding hydrogens is 440 g/mol. The second-order valence-electron chi connectivity index (χ2n) is 7.41. The summed E-state index contributed by atoms with van der Waals surface area (Å²) in [5.74, 6) is 0. The van der Waals surface area contributed by atoms with E-state index in [1.807, 2.05) is 34.6 Å². The number of hydrogen-bond acceptors (Lipinski definition) is 4. The third-order valence-corrected chi connectivity index (χ3v) is 4.88. The maximum Gasteiger partial charge on any atom is 0.0629 e. The number of benzene rings is 1. The predicted octanol–water partition coefficient (Wildman–Crippen LogP) is 7.94. The SMILES string of the molecule is C#C.C=C(C)C(=C)C.C=C(NCc1ccc(C(=C)CC)cc1CC)C(CC)=N/C(C)=C/N.CC.CN. The van der Waals surface area contributed by atoms with Crippen molar-refractivity contribution in [3.63, 3.8) is 0 Å². The van der Waals surface area contributed by atoms with Crippen molar-refractivity contribution in [1.29, 1.82) is 0 Å². The van der Waals surface area contributed by atoms with E-state index in [0.29, 0.717) is 0 Å². The molecule has 1 aromatic rings. The Labute approximate surface area is 224 Å². The Morgan fingerprint density at radius 3 is 1.78 bits per heavy atom. The highest BCUT2D eigenvalue weighted by Gasteiger charge is 2.07. The van der Waals surface area contributed by atoms with Gasteiger partial charge in [0.15, 0.2) is 0 Å². The standard InChI is InChI=1S/C21H31N3.C6H10.C2H6.C2H2.CH5N/c1-7-15(4)19-10-11-20(18(8-2)12-19)14-23-17(6)21(9-3)24-16(5)13-22;1-5(2)6(3)4;3*1-2/h10-13,23H,4,6-9,14,22H2,1-3,5H3;1,3H2,2,4H3;1-2H3;1-2H;2H2,1H3/b16-13+,24-21?;;;;. The van der Waals surface area contributed by atoms with Gasteiger partial charge < -0.3 is 16.8 Å². The van der Waals surface area contributed by atoms with Crippen molar-refractivity contribution in [3.05, 3.63) is 89.9 Å². The van der Waals surface area contributed by atoms with Crippen molar-refractivity contribution in [3.8, 4) is 12.8 Å². The molecule has 5 N–H and O–H groups in total. The van der Waals surface area contributed by atoms with Crippen LogP contribution in [0.1, 0.15) is 84.9 Å². The van der Waals surface area contributed by atoms with Gasteiger partial charge in [0.1, 0.15) is 0 Å². The number of aliphatic imine (C=N–C) groups is 1. The van der Waals surface area contributed by atoms with Crippen LogP contribution in [0.25, 0.3) is 5.57 Å². The van der Waals surface area contributed by atoms with E-state index in [9.17, 15) is 0 Å². The van der Waals surface area contributed by atoms with Crippen LogP contribution in [0.15, 0.2) is 78.2 Å². The first-order chi connectivity index (χ1) is 17.1. The summed E-state index contributed by atoms with van der Waals surface area (Å²) in [6.45, 7) is 32.5. The van der Waals surface area contributed by atoms with Gasteiger partial charge in [0.05, 0.1) is 11.4 Å². The van der Waals surface area contributed by atoms with Gasteiger partial charge in [-0.25, -0.2) is 0 Å². The van der Waals surface area contributed by atoms with Gasteiger partial charge in [0.25, 0.3) is 0 Å². The lowest BCUT2D eigenvalue weighted by Crippen LogP contribution is -2.20. The lowest BCUT2D eigenvalue weighted by atomic mass is 9.97. The Balaban J connectivity index is -0.000000361. The van der Waals surface area contributed by atoms with Gasteiger partial charge in [-0.05, 0) is 69.3 Å². The van der Waals surface area contributed by atoms with Gasteiger partial charge in [-0.1, -0.05) is 90.3 Å². The van der Waals surface area contributed by atoms with Crippen LogP contribution in [0.3, 0.4) is 0 Å². The van der Waals surface area contributed by atoms with Crippen molar-refractivity contribution < 1.29 is 0 Å². The van der Waals surface area contributed by atoms with Crippen molar-refractivity contribution >= 4 is 11.3 Å². The van der Waals surface area contributed by atoms with Gasteiger partial charge >= 0.3 is 0 Å². The number of rotatable bonds is 10. The molecule has 0 aliphatic heterocycles. The van der Waals surface area contributed by atoms with Gasteiger partial charge in [-0.3, -0.25) is 4.99 Å². The summed E-state index contributed by atoms with van der Waals surface area (Å²) < 4.78 is 0. The molecule has 0 spiro atoms. The van der Waals surface area contributed by atoms with E-state index in [4.69, 9.17) is 5.73 Å². The summed E-state index contributed by atoms with van der Waals surface area (Å²) >= 11 is 0. The average Bonchev–Trinajstić information content (AvgIpc) is 2.93. The highest BCUT2D eigenvalue weighted by molar-refractivity contribution is 5.99. The molecule has 36 heavy (non-hydrogen) atoms. The Hall–Kier alpha value is -3.29. The van der Waals surface area contributed by atoms with E-state index >= 15 is 0 Å². The highest BCUT2D eigenvalue weighted by Crippen LogP contribution is 2.20. The average molecular weight is 495 g/mol. The number of nitrogens with one attached hydrogen (secondary N) is 1. The summed E-state index contributed by atoms with van der Waals surface area (Å²) in [6, 6.07) is 6.59. The second kappa shape index (κ2) is 26.3. The fraction of sp³-hybridized carbons (Fsp3) is 0.406. The van der Waals surface area contributed by atoms with Crippen molar-refractivity contribution in [2.24, 2.45) is 16.5 Å². The Bertz CT molecular complexity index is 855. The lowest BCUT2D eigenvalue weighted by molar-refractivity contribution is 0.827. The maximum atomic E-state index is 5.50. The van der Waals surface area contributed by atoms with Crippen LogP contribution in [-0.2, 0) is 13.0 Å². The summed E-state index contributed by atoms with van der Waals surface area (Å²) in [6.07, 6.45) is 12.3. The van der Waals surface area contributed by atoms with Gasteiger partial charge in [0.2, 0.25) is 0 Å². The molecule has 0 atom stereocenters. The molecule has 0 bridgehead atoms. The van der Waals surface area contributed by atoms with Crippen LogP contribution in [0, 0.1) is 12.8 Å². The van der Waals surface area contributed by atoms with E-state index in [1.165, 1.54) is 35.5 Å². The number of nitrogens with zero attached hydrogens (tertiary/aromatic N) is 1. The van der Waals surface area contributed by atoms with E-state index in [0.717, 1.165) is 54.1 Å². The number of aryl methyl sites for hydroxylation is 1. The fourth-order valence-electron chi connectivity index (χ4n) is 2.47. The van der Waals surface area contributed by atoms with Crippen LogP contribution >= 0.6 is 0 Å². The monoisotopic (exact) mass is 494 g/mol. The normalized spacial score (nSPS) is 9.78. The molecule has 0 heterocycles. The summed E-state index contributed by atoms with van der Waals surface area (Å²) in [5.41, 5.74) is 19.8. The summed E-state index contributed by atoms with van der Waals surface area (Å²) in [4.78, 5) is 4.50. The smallest absolute Gasteiger partial charge is 0.0629 e. The minimum atomic E-state index is 0.741. The van der Waals surface area contributed by atoms with Crippen LogP contribution in [0.2, 0.25) is 0 Å². The van der Waals surface area contributed by atoms with E-state index in [1.54, 1.807) is 0 Å². The molecule has 0 aromatic heterocycles. The van der Waals surface area contributed by atoms with E-state index in [-0.39, 0.29) is 0 Å². The molecule has 1 rings (SSSR count). The molecular formula is C32H54N4. The Kier molecular flexibility index (Phi) is 29.2. The van der Waals surface area contributed by atoms with Crippen molar-refractivity contribution in [1.82, 2.24) is 5.32 Å². The third kappa shape index (κ3) is 18.1. The third-order valence-electron chi connectivity index (χ3n) is 4.88. The molecule has 4 heteroatoms. The summed E-state index contributed by atoms with van der Waals surface area (Å²) in [7, 11) is 1.50. The van der Waals surface area contributed by atoms with Crippen molar-refractivity contribution in [2.45, 2.75) is 81.2 Å². The predicted molar refractivity (Wildman–Crippen MR) is 168 cm³/mol. The first kappa shape index (κ1) is 39.9. The zero-order valence-corrected chi connectivity index (χ0v) is 24.7. The fourth-order valence-corrected chi connectivity index (χ4v) is 2.47. The summed E-state index contributed by atoms with van der Waals surface area (Å²) in [5, 5.41) is 3.40. The number of allylic oxidation sites excluding steroid dienone is 5. The van der Waals surface area contributed by atoms with Crippen LogP contribution in [-0.4, -0.2) is 12.8 Å². The number of terminal acetylenes is 1. The van der Waals surface area contributed by atoms with Gasteiger partial charge in [-0.15, -0.1) is 12.8 Å². The molecule has 0 fully saturated rings. The van der Waals surface area contributed by atoms with E-state index in [2.05, 4.69) is 94.2 Å². The molecule has 0 aliphatic carbocycles. The Morgan fingerprint density at radius 2 is 1.42 bits per heavy atom. The van der Waals surface area contributed by atoms with Crippen LogP contribution in [0.5, 0.6) is 0 Å². The quantitative estimate of drug-likeness (QED) is 0.175. The first-order valence-corrected chi connectivity index (χ1v) is 12.5. The minimum Gasteiger partial charge on any atom is -0.403 e. The van der Waals surface area contributed by atoms with Gasteiger partial charge in [-0.2, -0.15) is 0 Å². The topological polar surface area (TPSA) is 76.4 Å². The minimum absolute atomic E-state index is 0.741. The largest absolute Gasteiger partial charge is 0.403 e. The molecule has 0 amide bonds. The zero-order valence-electron chi connectivity index (χ0n) is 24.7. The molecule has 0 aliphatic rings. The molecule has 0 unspecified atom stereocenters. The van der Waals surface area contributed by atoms with Crippen LogP contribution in [0.4, 0.5) is 0 Å². The first-order valence-electron chi connectivity index (χ1n) is 12.5. The molecule has 4 nitrogen and oxygen atoms in total. The molecule has 1 aromatic carbocycles. The second-order valence-corrected chi connectivity index (χ2v) is 7.41. The van der Waals surface area contributed by atoms with Gasteiger partial charge in [0, 0.05) is 18.4 Å². The highest BCUT2D eigenvalue weighted by atomic mass is 14.9. The molecule has 0 radical (unpaired) electrons. The lowest BCUT2D eigenvalue weighted by Gasteiger charge is -2.15. The van der Waals surface area contributed by atoms with Crippen molar-refractivity contribution in [2.75, 3.05) is 7.05 Å². The Morgan fingerprint density at radius 1 is 0.917 bits per heavy atom. The molecule has 0 saturated carbocycles. The molecule has 0 saturated heterocycles. The number of hydrogen-bond donors (Lipinski definition) is 3. The maximum absolute atomic E-state index is 5.50. The number of nitrogens with two attached hydrogens (primary N) is 2. The van der Waals surface area contributed by atoms with E-state index < -0.39 is 0 Å². The zero-order chi connectivity index (χ0) is 29.3. The molecule has 202 valence electrons. The van der Waals surface area contributed by atoms with Crippen LogP contribution < -0.4 is 16.8 Å².